The Hall–Kier alpha value is -2.33. The van der Waals surface area contributed by atoms with Crippen LogP contribution in [0.4, 0.5) is 5.69 Å². The molecule has 20 heavy (non-hydrogen) atoms. The second-order valence-electron chi connectivity index (χ2n) is 4.26. The minimum Gasteiger partial charge on any atom is -0.478 e. The molecule has 102 valence electrons. The fourth-order valence-corrected chi connectivity index (χ4v) is 1.99. The Balaban J connectivity index is 2.33. The predicted octanol–water partition coefficient (Wildman–Crippen LogP) is 3.60. The molecule has 0 aromatic heterocycles. The number of aromatic carboxylic acids is 1. The van der Waals surface area contributed by atoms with E-state index in [0.29, 0.717) is 10.6 Å². The summed E-state index contributed by atoms with van der Waals surface area (Å²) in [6.07, 6.45) is 0. The Kier molecular flexibility index (Phi) is 4.05. The molecule has 5 heteroatoms. The molecule has 0 saturated heterocycles. The van der Waals surface area contributed by atoms with E-state index in [1.54, 1.807) is 12.1 Å². The Bertz CT molecular complexity index is 683. The first-order valence-electron chi connectivity index (χ1n) is 5.89. The number of carboxylic acids is 1. The minimum absolute atomic E-state index is 0.0422. The van der Waals surface area contributed by atoms with E-state index in [4.69, 9.17) is 16.7 Å². The molecule has 2 rings (SSSR count). The van der Waals surface area contributed by atoms with Crippen LogP contribution in [0.2, 0.25) is 5.02 Å². The van der Waals surface area contributed by atoms with E-state index < -0.39 is 5.97 Å². The largest absolute Gasteiger partial charge is 0.478 e. The fraction of sp³-hybridized carbons (Fsp3) is 0.0667. The van der Waals surface area contributed by atoms with E-state index in [2.05, 4.69) is 5.32 Å². The number of benzene rings is 2. The standard InChI is InChI=1S/C15H12ClNO3/c1-9-4-2-3-5-11(9)14(18)17-13-7-6-10(16)8-12(13)15(19)20/h2-8H,1H3,(H,17,18)(H,19,20). The van der Waals surface area contributed by atoms with Gasteiger partial charge in [-0.1, -0.05) is 29.8 Å². The van der Waals surface area contributed by atoms with Crippen LogP contribution in [0.25, 0.3) is 0 Å². The molecule has 0 aliphatic heterocycles. The maximum atomic E-state index is 12.2. The monoisotopic (exact) mass is 289 g/mol. The third-order valence-electron chi connectivity index (χ3n) is 2.85. The number of rotatable bonds is 3. The van der Waals surface area contributed by atoms with Crippen molar-refractivity contribution >= 4 is 29.2 Å². The summed E-state index contributed by atoms with van der Waals surface area (Å²) in [6, 6.07) is 11.4. The van der Waals surface area contributed by atoms with Crippen LogP contribution < -0.4 is 5.32 Å². The predicted molar refractivity (Wildman–Crippen MR) is 77.5 cm³/mol. The average Bonchev–Trinajstić information content (AvgIpc) is 2.41. The van der Waals surface area contributed by atoms with Crippen LogP contribution in [0.15, 0.2) is 42.5 Å². The van der Waals surface area contributed by atoms with E-state index in [-0.39, 0.29) is 17.2 Å². The first kappa shape index (κ1) is 14.1. The summed E-state index contributed by atoms with van der Waals surface area (Å²) < 4.78 is 0. The number of aryl methyl sites for hydroxylation is 1. The Morgan fingerprint density at radius 3 is 2.45 bits per heavy atom. The van der Waals surface area contributed by atoms with Crippen LogP contribution in [0, 0.1) is 6.92 Å². The van der Waals surface area contributed by atoms with Crippen LogP contribution in [-0.4, -0.2) is 17.0 Å². The number of carbonyl (C=O) groups is 2. The molecule has 4 nitrogen and oxygen atoms in total. The van der Waals surface area contributed by atoms with Gasteiger partial charge in [-0.3, -0.25) is 4.79 Å². The molecule has 0 spiro atoms. The van der Waals surface area contributed by atoms with E-state index in [0.717, 1.165) is 5.56 Å². The van der Waals surface area contributed by atoms with Crippen LogP contribution in [-0.2, 0) is 0 Å². The molecule has 0 fully saturated rings. The van der Waals surface area contributed by atoms with E-state index in [1.165, 1.54) is 18.2 Å². The smallest absolute Gasteiger partial charge is 0.337 e. The highest BCUT2D eigenvalue weighted by Crippen LogP contribution is 2.22. The zero-order valence-corrected chi connectivity index (χ0v) is 11.4. The third kappa shape index (κ3) is 2.97. The molecule has 2 aromatic rings. The summed E-state index contributed by atoms with van der Waals surface area (Å²) in [4.78, 5) is 23.3. The molecule has 0 atom stereocenters. The zero-order chi connectivity index (χ0) is 14.7. The van der Waals surface area contributed by atoms with Crippen molar-refractivity contribution in [2.75, 3.05) is 5.32 Å². The summed E-state index contributed by atoms with van der Waals surface area (Å²) in [5.41, 5.74) is 1.49. The lowest BCUT2D eigenvalue weighted by atomic mass is 10.1. The van der Waals surface area contributed by atoms with Crippen molar-refractivity contribution in [3.05, 3.63) is 64.2 Å². The lowest BCUT2D eigenvalue weighted by molar-refractivity contribution is 0.0698. The van der Waals surface area contributed by atoms with Gasteiger partial charge in [-0.05, 0) is 36.8 Å². The van der Waals surface area contributed by atoms with Crippen molar-refractivity contribution in [1.29, 1.82) is 0 Å². The van der Waals surface area contributed by atoms with Gasteiger partial charge < -0.3 is 10.4 Å². The second kappa shape index (κ2) is 5.75. The van der Waals surface area contributed by atoms with Gasteiger partial charge in [-0.25, -0.2) is 4.79 Å². The van der Waals surface area contributed by atoms with Gasteiger partial charge in [-0.2, -0.15) is 0 Å². The molecule has 0 bridgehead atoms. The van der Waals surface area contributed by atoms with Gasteiger partial charge >= 0.3 is 5.97 Å². The van der Waals surface area contributed by atoms with Gasteiger partial charge in [0, 0.05) is 10.6 Å². The first-order valence-corrected chi connectivity index (χ1v) is 6.26. The van der Waals surface area contributed by atoms with Crippen molar-refractivity contribution in [2.24, 2.45) is 0 Å². The molecule has 0 aliphatic carbocycles. The highest BCUT2D eigenvalue weighted by molar-refractivity contribution is 6.31. The normalized spacial score (nSPS) is 10.1. The summed E-state index contributed by atoms with van der Waals surface area (Å²) >= 11 is 5.76. The van der Waals surface area contributed by atoms with Crippen molar-refractivity contribution in [2.45, 2.75) is 6.92 Å². The van der Waals surface area contributed by atoms with Gasteiger partial charge in [0.1, 0.15) is 0 Å². The summed E-state index contributed by atoms with van der Waals surface area (Å²) in [7, 11) is 0. The molecule has 0 unspecified atom stereocenters. The van der Waals surface area contributed by atoms with Crippen molar-refractivity contribution < 1.29 is 14.7 Å². The maximum Gasteiger partial charge on any atom is 0.337 e. The lowest BCUT2D eigenvalue weighted by Crippen LogP contribution is -2.15. The molecule has 0 saturated carbocycles. The quantitative estimate of drug-likeness (QED) is 0.907. The number of hydrogen-bond acceptors (Lipinski definition) is 2. The van der Waals surface area contributed by atoms with E-state index in [1.807, 2.05) is 19.1 Å². The van der Waals surface area contributed by atoms with Gasteiger partial charge in [0.25, 0.3) is 5.91 Å². The number of anilines is 1. The SMILES string of the molecule is Cc1ccccc1C(=O)Nc1ccc(Cl)cc1C(=O)O. The number of carbonyl (C=O) groups excluding carboxylic acids is 1. The molecule has 2 aromatic carbocycles. The Morgan fingerprint density at radius 1 is 1.10 bits per heavy atom. The molecule has 0 heterocycles. The molecule has 2 N–H and O–H groups in total. The van der Waals surface area contributed by atoms with Gasteiger partial charge in [0.05, 0.1) is 11.3 Å². The van der Waals surface area contributed by atoms with Crippen LogP contribution in [0.3, 0.4) is 0 Å². The number of halogens is 1. The average molecular weight is 290 g/mol. The van der Waals surface area contributed by atoms with Crippen molar-refractivity contribution in [1.82, 2.24) is 0 Å². The van der Waals surface area contributed by atoms with Crippen molar-refractivity contribution in [3.63, 3.8) is 0 Å². The number of carboxylic acid groups (broad SMARTS) is 1. The lowest BCUT2D eigenvalue weighted by Gasteiger charge is -2.10. The molecule has 0 radical (unpaired) electrons. The van der Waals surface area contributed by atoms with Crippen LogP contribution in [0.1, 0.15) is 26.3 Å². The van der Waals surface area contributed by atoms with Crippen LogP contribution >= 0.6 is 11.6 Å². The second-order valence-corrected chi connectivity index (χ2v) is 4.70. The highest BCUT2D eigenvalue weighted by atomic mass is 35.5. The molecule has 0 aliphatic rings. The van der Waals surface area contributed by atoms with Gasteiger partial charge in [-0.15, -0.1) is 0 Å². The summed E-state index contributed by atoms with van der Waals surface area (Å²) in [5.74, 6) is -1.50. The first-order chi connectivity index (χ1) is 9.49. The Morgan fingerprint density at radius 2 is 1.80 bits per heavy atom. The summed E-state index contributed by atoms with van der Waals surface area (Å²) in [5, 5.41) is 12.0. The van der Waals surface area contributed by atoms with E-state index >= 15 is 0 Å². The number of nitrogens with one attached hydrogen (secondary N) is 1. The maximum absolute atomic E-state index is 12.2. The molecular formula is C15H12ClNO3. The highest BCUT2D eigenvalue weighted by Gasteiger charge is 2.15. The van der Waals surface area contributed by atoms with E-state index in [9.17, 15) is 9.59 Å². The fourth-order valence-electron chi connectivity index (χ4n) is 1.82. The molecular weight excluding hydrogens is 278 g/mol. The Labute approximate surface area is 121 Å². The zero-order valence-electron chi connectivity index (χ0n) is 10.7. The van der Waals surface area contributed by atoms with Crippen molar-refractivity contribution in [3.8, 4) is 0 Å². The third-order valence-corrected chi connectivity index (χ3v) is 3.09. The van der Waals surface area contributed by atoms with Gasteiger partial charge in [0.15, 0.2) is 0 Å². The minimum atomic E-state index is -1.15. The van der Waals surface area contributed by atoms with Crippen LogP contribution in [0.5, 0.6) is 0 Å². The van der Waals surface area contributed by atoms with Gasteiger partial charge in [0.2, 0.25) is 0 Å². The molecule has 1 amide bonds. The summed E-state index contributed by atoms with van der Waals surface area (Å²) in [6.45, 7) is 1.81. The number of amides is 1. The number of hydrogen-bond donors (Lipinski definition) is 2. The topological polar surface area (TPSA) is 66.4 Å².